The topological polar surface area (TPSA) is 210 Å². The molecular formula is C49H87O13P. The van der Waals surface area contributed by atoms with Gasteiger partial charge in [-0.25, -0.2) is 4.57 Å². The van der Waals surface area contributed by atoms with E-state index >= 15 is 0 Å². The van der Waals surface area contributed by atoms with Gasteiger partial charge in [0.05, 0.1) is 6.61 Å². The van der Waals surface area contributed by atoms with E-state index in [0.717, 1.165) is 51.4 Å². The zero-order valence-electron chi connectivity index (χ0n) is 38.9. The zero-order chi connectivity index (χ0) is 46.4. The maximum absolute atomic E-state index is 12.8. The van der Waals surface area contributed by atoms with Gasteiger partial charge in [-0.1, -0.05) is 178 Å². The summed E-state index contributed by atoms with van der Waals surface area (Å²) in [6.07, 6.45) is 33.1. The van der Waals surface area contributed by atoms with E-state index < -0.39 is 75.7 Å². The molecule has 14 heteroatoms. The second-order valence-electron chi connectivity index (χ2n) is 17.0. The SMILES string of the molecule is CCCCC/C=C\C/C=C\C/C=C\C/C=C\CCCC(=O)OC[C@H](COP(=O)(O)OC1C(O)C(O)C(O)[C@@H](O)C1O)OC(=O)CCCCCCCCCCCCCCCCCCC. The molecule has 63 heavy (non-hydrogen) atoms. The standard InChI is InChI=1S/C49H87O13P/c1-3-5-7-9-11-13-15-17-19-21-23-25-27-29-31-33-35-37-42(50)59-39-41(40-60-63(57,58)62-49-47(55)45(53)44(52)46(54)48(49)56)61-43(51)38-36-34-32-30-28-26-24-22-20-18-16-14-12-10-8-6-4-2/h11,13,17,19,23,25,29,31,41,44-49,52-56H,3-10,12,14-16,18,20-22,24,26-28,30,32-40H2,1-2H3,(H,57,58)/b13-11-,19-17-,25-23-,31-29-/t41-,44?,45-,46?,47?,48?,49?/m1/s1. The van der Waals surface area contributed by atoms with Crippen LogP contribution in [0.25, 0.3) is 0 Å². The number of rotatable bonds is 40. The Kier molecular flexibility index (Phi) is 36.4. The summed E-state index contributed by atoms with van der Waals surface area (Å²) < 4.78 is 33.5. The number of hydrogen-bond acceptors (Lipinski definition) is 12. The minimum atomic E-state index is -5.13. The van der Waals surface area contributed by atoms with Crippen molar-refractivity contribution in [2.24, 2.45) is 0 Å². The van der Waals surface area contributed by atoms with Crippen LogP contribution in [0.2, 0.25) is 0 Å². The van der Waals surface area contributed by atoms with Crippen LogP contribution in [0, 0.1) is 0 Å². The number of aliphatic hydroxyl groups is 5. The number of phosphoric acid groups is 1. The molecule has 1 fully saturated rings. The molecule has 1 aliphatic rings. The van der Waals surface area contributed by atoms with Gasteiger partial charge >= 0.3 is 19.8 Å². The highest BCUT2D eigenvalue weighted by molar-refractivity contribution is 7.47. The van der Waals surface area contributed by atoms with E-state index in [0.29, 0.717) is 19.3 Å². The number of hydrogen-bond donors (Lipinski definition) is 6. The normalized spacial score (nSPS) is 22.1. The summed E-state index contributed by atoms with van der Waals surface area (Å²) in [6, 6.07) is 0. The average molecular weight is 915 g/mol. The van der Waals surface area contributed by atoms with Crippen LogP contribution < -0.4 is 0 Å². The molecule has 0 spiro atoms. The van der Waals surface area contributed by atoms with E-state index in [1.54, 1.807) is 0 Å². The number of carbonyl (C=O) groups excluding carboxylic acids is 2. The predicted molar refractivity (Wildman–Crippen MR) is 249 cm³/mol. The van der Waals surface area contributed by atoms with E-state index in [1.807, 2.05) is 12.2 Å². The second-order valence-corrected chi connectivity index (χ2v) is 18.4. The Morgan fingerprint density at radius 1 is 0.492 bits per heavy atom. The van der Waals surface area contributed by atoms with Gasteiger partial charge in [0.15, 0.2) is 6.10 Å². The third-order valence-electron chi connectivity index (χ3n) is 11.2. The zero-order valence-corrected chi connectivity index (χ0v) is 39.8. The van der Waals surface area contributed by atoms with Crippen molar-refractivity contribution in [2.45, 2.75) is 236 Å². The van der Waals surface area contributed by atoms with Crippen LogP contribution in [0.4, 0.5) is 0 Å². The molecule has 0 radical (unpaired) electrons. The van der Waals surface area contributed by atoms with Gasteiger partial charge in [-0.15, -0.1) is 0 Å². The molecule has 0 aliphatic heterocycles. The lowest BCUT2D eigenvalue weighted by atomic mass is 9.85. The van der Waals surface area contributed by atoms with Crippen LogP contribution in [0.1, 0.15) is 194 Å². The summed E-state index contributed by atoms with van der Waals surface area (Å²) in [7, 11) is -5.13. The second kappa shape index (κ2) is 39.0. The number of unbranched alkanes of at least 4 members (excludes halogenated alkanes) is 20. The summed E-state index contributed by atoms with van der Waals surface area (Å²) in [5.74, 6) is -1.16. The lowest BCUT2D eigenvalue weighted by molar-refractivity contribution is -0.220. The quantitative estimate of drug-likeness (QED) is 0.0147. The van der Waals surface area contributed by atoms with Gasteiger partial charge in [-0.2, -0.15) is 0 Å². The molecule has 366 valence electrons. The van der Waals surface area contributed by atoms with Gasteiger partial charge in [0.1, 0.15) is 43.2 Å². The summed E-state index contributed by atoms with van der Waals surface area (Å²) in [6.45, 7) is 3.24. The molecule has 0 aromatic heterocycles. The largest absolute Gasteiger partial charge is 0.472 e. The first-order valence-corrected chi connectivity index (χ1v) is 25.9. The van der Waals surface area contributed by atoms with Gasteiger partial charge in [0.25, 0.3) is 0 Å². The lowest BCUT2D eigenvalue weighted by Crippen LogP contribution is -2.64. The Hall–Kier alpha value is -2.19. The third-order valence-corrected chi connectivity index (χ3v) is 12.2. The maximum atomic E-state index is 12.8. The molecule has 8 atom stereocenters. The molecule has 0 bridgehead atoms. The van der Waals surface area contributed by atoms with E-state index in [9.17, 15) is 44.6 Å². The van der Waals surface area contributed by atoms with Crippen molar-refractivity contribution in [3.63, 3.8) is 0 Å². The van der Waals surface area contributed by atoms with E-state index in [4.69, 9.17) is 18.5 Å². The monoisotopic (exact) mass is 915 g/mol. The first-order chi connectivity index (χ1) is 30.4. The molecule has 0 saturated heterocycles. The highest BCUT2D eigenvalue weighted by Gasteiger charge is 2.51. The van der Waals surface area contributed by atoms with Crippen LogP contribution in [-0.4, -0.2) is 98.3 Å². The molecule has 6 N–H and O–H groups in total. The summed E-state index contributed by atoms with van der Waals surface area (Å²) in [5, 5.41) is 50.2. The molecule has 1 rings (SSSR count). The van der Waals surface area contributed by atoms with Crippen LogP contribution in [0.15, 0.2) is 48.6 Å². The predicted octanol–water partition coefficient (Wildman–Crippen LogP) is 9.95. The van der Waals surface area contributed by atoms with Crippen LogP contribution in [-0.2, 0) is 32.7 Å². The molecule has 13 nitrogen and oxygen atoms in total. The average Bonchev–Trinajstić information content (AvgIpc) is 3.26. The van der Waals surface area contributed by atoms with Crippen molar-refractivity contribution in [2.75, 3.05) is 13.2 Å². The summed E-state index contributed by atoms with van der Waals surface area (Å²) >= 11 is 0. The number of allylic oxidation sites excluding steroid dienone is 8. The minimum Gasteiger partial charge on any atom is -0.462 e. The summed E-state index contributed by atoms with van der Waals surface area (Å²) in [4.78, 5) is 35.7. The van der Waals surface area contributed by atoms with E-state index in [2.05, 4.69) is 50.3 Å². The first-order valence-electron chi connectivity index (χ1n) is 24.4. The van der Waals surface area contributed by atoms with Crippen molar-refractivity contribution in [3.05, 3.63) is 48.6 Å². The van der Waals surface area contributed by atoms with Gasteiger partial charge in [0, 0.05) is 12.8 Å². The van der Waals surface area contributed by atoms with Crippen LogP contribution in [0.3, 0.4) is 0 Å². The lowest BCUT2D eigenvalue weighted by Gasteiger charge is -2.41. The van der Waals surface area contributed by atoms with E-state index in [-0.39, 0.29) is 12.8 Å². The van der Waals surface area contributed by atoms with Gasteiger partial charge < -0.3 is 39.9 Å². The third kappa shape index (κ3) is 31.4. The molecule has 1 saturated carbocycles. The van der Waals surface area contributed by atoms with Crippen molar-refractivity contribution in [1.29, 1.82) is 0 Å². The molecule has 0 heterocycles. The van der Waals surface area contributed by atoms with Crippen molar-refractivity contribution >= 4 is 19.8 Å². The van der Waals surface area contributed by atoms with Gasteiger partial charge in [-0.3, -0.25) is 18.6 Å². The smallest absolute Gasteiger partial charge is 0.462 e. The van der Waals surface area contributed by atoms with E-state index in [1.165, 1.54) is 96.3 Å². The van der Waals surface area contributed by atoms with Crippen molar-refractivity contribution in [3.8, 4) is 0 Å². The highest BCUT2D eigenvalue weighted by atomic mass is 31.2. The minimum absolute atomic E-state index is 0.0873. The molecule has 0 aromatic carbocycles. The number of ether oxygens (including phenoxy) is 2. The number of esters is 2. The Bertz CT molecular complexity index is 1290. The van der Waals surface area contributed by atoms with Crippen molar-refractivity contribution in [1.82, 2.24) is 0 Å². The van der Waals surface area contributed by atoms with Gasteiger partial charge in [0.2, 0.25) is 0 Å². The molecule has 0 aromatic rings. The maximum Gasteiger partial charge on any atom is 0.472 e. The Morgan fingerprint density at radius 2 is 0.873 bits per heavy atom. The Labute approximate surface area is 380 Å². The van der Waals surface area contributed by atoms with Crippen molar-refractivity contribution < 1.29 is 63.1 Å². The van der Waals surface area contributed by atoms with Crippen LogP contribution in [0.5, 0.6) is 0 Å². The fourth-order valence-corrected chi connectivity index (χ4v) is 8.19. The molecular weight excluding hydrogens is 827 g/mol. The fraction of sp³-hybridized carbons (Fsp3) is 0.796. The Balaban J connectivity index is 2.47. The van der Waals surface area contributed by atoms with Gasteiger partial charge in [-0.05, 0) is 51.4 Å². The molecule has 1 aliphatic carbocycles. The van der Waals surface area contributed by atoms with Crippen LogP contribution >= 0.6 is 7.82 Å². The number of aliphatic hydroxyl groups excluding tert-OH is 5. The highest BCUT2D eigenvalue weighted by Crippen LogP contribution is 2.47. The summed E-state index contributed by atoms with van der Waals surface area (Å²) in [5.41, 5.74) is 0. The number of phosphoric ester groups is 1. The number of carbonyl (C=O) groups is 2. The first kappa shape index (κ1) is 58.8. The molecule has 0 amide bonds. The Morgan fingerprint density at radius 3 is 1.35 bits per heavy atom. The molecule has 6 unspecified atom stereocenters. The fourth-order valence-electron chi connectivity index (χ4n) is 7.22.